The van der Waals surface area contributed by atoms with E-state index < -0.39 is 10.0 Å². The van der Waals surface area contributed by atoms with Crippen molar-refractivity contribution in [3.8, 4) is 5.75 Å². The van der Waals surface area contributed by atoms with Crippen LogP contribution in [0, 0.1) is 12.8 Å². The Morgan fingerprint density at radius 1 is 1.03 bits per heavy atom. The molecule has 7 heteroatoms. The van der Waals surface area contributed by atoms with E-state index in [1.54, 1.807) is 48.5 Å². The minimum atomic E-state index is -3.64. The molecule has 2 saturated carbocycles. The van der Waals surface area contributed by atoms with Gasteiger partial charge in [0, 0.05) is 19.1 Å². The van der Waals surface area contributed by atoms with Gasteiger partial charge in [0.05, 0.1) is 10.6 Å². The van der Waals surface area contributed by atoms with E-state index in [1.165, 1.54) is 24.2 Å². The fourth-order valence-corrected chi connectivity index (χ4v) is 5.10. The van der Waals surface area contributed by atoms with Crippen molar-refractivity contribution in [1.82, 2.24) is 4.90 Å². The molecule has 0 N–H and O–H groups in total. The number of carbonyl (C=O) groups is 1. The molecule has 0 heterocycles. The van der Waals surface area contributed by atoms with Crippen molar-refractivity contribution >= 4 is 21.6 Å². The molecule has 2 aromatic rings. The number of hydrogen-bond donors (Lipinski definition) is 0. The van der Waals surface area contributed by atoms with E-state index in [1.807, 2.05) is 11.8 Å². The normalized spacial score (nSPS) is 17.1. The maximum Gasteiger partial charge on any atom is 0.264 e. The van der Waals surface area contributed by atoms with E-state index in [4.69, 9.17) is 4.74 Å². The van der Waals surface area contributed by atoms with Crippen LogP contribution >= 0.6 is 0 Å². The molecule has 2 aromatic carbocycles. The summed E-state index contributed by atoms with van der Waals surface area (Å²) in [5.74, 6) is 1.22. The summed E-state index contributed by atoms with van der Waals surface area (Å²) in [7, 11) is -2.11. The Kier molecular flexibility index (Phi) is 5.97. The van der Waals surface area contributed by atoms with Crippen LogP contribution in [0.5, 0.6) is 5.75 Å². The predicted octanol–water partition coefficient (Wildman–Crippen LogP) is 3.99. The first-order valence-corrected chi connectivity index (χ1v) is 12.3. The van der Waals surface area contributed by atoms with Crippen molar-refractivity contribution < 1.29 is 17.9 Å². The Bertz CT molecular complexity index is 1030. The number of ether oxygens (including phenoxy) is 1. The molecule has 0 aliphatic heterocycles. The summed E-state index contributed by atoms with van der Waals surface area (Å²) in [4.78, 5) is 15.0. The first-order valence-electron chi connectivity index (χ1n) is 10.9. The SMILES string of the molecule is Cc1ccc(S(=O)(=O)N(C)c2ccc(OCC(=O)N(C3CC3)C(C)C3CC3)cc2)cc1. The monoisotopic (exact) mass is 442 g/mol. The van der Waals surface area contributed by atoms with Gasteiger partial charge in [0.2, 0.25) is 0 Å². The Balaban J connectivity index is 1.38. The molecule has 0 aromatic heterocycles. The molecular formula is C24H30N2O4S. The second kappa shape index (κ2) is 8.54. The molecule has 2 aliphatic rings. The lowest BCUT2D eigenvalue weighted by atomic mass is 10.1. The molecule has 1 unspecified atom stereocenters. The maximum atomic E-state index is 12.9. The zero-order valence-electron chi connectivity index (χ0n) is 18.3. The van der Waals surface area contributed by atoms with Crippen LogP contribution in [0.2, 0.25) is 0 Å². The van der Waals surface area contributed by atoms with Crippen LogP contribution in [0.4, 0.5) is 5.69 Å². The van der Waals surface area contributed by atoms with Gasteiger partial charge in [0.15, 0.2) is 6.61 Å². The van der Waals surface area contributed by atoms with Crippen LogP contribution in [-0.2, 0) is 14.8 Å². The zero-order chi connectivity index (χ0) is 22.2. The summed E-state index contributed by atoms with van der Waals surface area (Å²) in [6, 6.07) is 14.2. The molecule has 0 radical (unpaired) electrons. The van der Waals surface area contributed by atoms with Gasteiger partial charge in [-0.3, -0.25) is 9.10 Å². The highest BCUT2D eigenvalue weighted by atomic mass is 32.2. The quantitative estimate of drug-likeness (QED) is 0.589. The van der Waals surface area contributed by atoms with Gasteiger partial charge in [-0.05, 0) is 81.8 Å². The zero-order valence-corrected chi connectivity index (χ0v) is 19.1. The standard InChI is InChI=1S/C24H30N2O4S/c1-17-4-14-23(15-5-17)31(28,29)25(3)20-10-12-22(13-11-20)30-16-24(27)26(21-8-9-21)18(2)19-6-7-19/h4-5,10-15,18-19,21H,6-9,16H2,1-3H3. The number of hydrogen-bond acceptors (Lipinski definition) is 4. The molecule has 6 nitrogen and oxygen atoms in total. The summed E-state index contributed by atoms with van der Waals surface area (Å²) in [5.41, 5.74) is 1.53. The molecule has 4 rings (SSSR count). The highest BCUT2D eigenvalue weighted by Crippen LogP contribution is 2.39. The number of rotatable bonds is 9. The van der Waals surface area contributed by atoms with Crippen LogP contribution in [0.15, 0.2) is 53.4 Å². The van der Waals surface area contributed by atoms with E-state index in [9.17, 15) is 13.2 Å². The molecule has 2 fully saturated rings. The van der Waals surface area contributed by atoms with Crippen molar-refractivity contribution in [1.29, 1.82) is 0 Å². The lowest BCUT2D eigenvalue weighted by molar-refractivity contribution is -0.136. The topological polar surface area (TPSA) is 66.9 Å². The third kappa shape index (κ3) is 4.87. The Morgan fingerprint density at radius 3 is 2.19 bits per heavy atom. The number of aryl methyl sites for hydroxylation is 1. The molecule has 1 amide bonds. The smallest absolute Gasteiger partial charge is 0.264 e. The highest BCUT2D eigenvalue weighted by Gasteiger charge is 2.41. The number of sulfonamides is 1. The first kappa shape index (κ1) is 21.7. The van der Waals surface area contributed by atoms with Crippen molar-refractivity contribution in [2.24, 2.45) is 5.92 Å². The molecule has 0 bridgehead atoms. The van der Waals surface area contributed by atoms with Crippen molar-refractivity contribution in [2.75, 3.05) is 18.0 Å². The molecule has 166 valence electrons. The molecule has 0 spiro atoms. The maximum absolute atomic E-state index is 12.9. The van der Waals surface area contributed by atoms with Crippen LogP contribution in [-0.4, -0.2) is 45.0 Å². The van der Waals surface area contributed by atoms with E-state index in [0.29, 0.717) is 23.4 Å². The molecular weight excluding hydrogens is 412 g/mol. The Morgan fingerprint density at radius 2 is 1.65 bits per heavy atom. The van der Waals surface area contributed by atoms with Crippen LogP contribution in [0.25, 0.3) is 0 Å². The van der Waals surface area contributed by atoms with Crippen molar-refractivity contribution in [3.05, 3.63) is 54.1 Å². The van der Waals surface area contributed by atoms with Gasteiger partial charge in [-0.2, -0.15) is 0 Å². The van der Waals surface area contributed by atoms with Crippen molar-refractivity contribution in [3.63, 3.8) is 0 Å². The number of anilines is 1. The number of amides is 1. The number of benzene rings is 2. The third-order valence-corrected chi connectivity index (χ3v) is 8.01. The summed E-state index contributed by atoms with van der Waals surface area (Å²) < 4.78 is 32.7. The molecule has 31 heavy (non-hydrogen) atoms. The van der Waals surface area contributed by atoms with E-state index in [0.717, 1.165) is 18.4 Å². The van der Waals surface area contributed by atoms with Crippen molar-refractivity contribution in [2.45, 2.75) is 56.5 Å². The largest absolute Gasteiger partial charge is 0.484 e. The van der Waals surface area contributed by atoms with E-state index >= 15 is 0 Å². The molecule has 0 saturated heterocycles. The minimum Gasteiger partial charge on any atom is -0.484 e. The first-order chi connectivity index (χ1) is 14.8. The minimum absolute atomic E-state index is 0.00438. The van der Waals surface area contributed by atoms with Crippen LogP contribution in [0.1, 0.15) is 38.2 Å². The third-order valence-electron chi connectivity index (χ3n) is 6.21. The van der Waals surface area contributed by atoms with Crippen LogP contribution < -0.4 is 9.04 Å². The van der Waals surface area contributed by atoms with Crippen LogP contribution in [0.3, 0.4) is 0 Å². The number of nitrogens with zero attached hydrogens (tertiary/aromatic N) is 2. The Labute approximate surface area is 184 Å². The highest BCUT2D eigenvalue weighted by molar-refractivity contribution is 7.92. The molecule has 2 aliphatic carbocycles. The Hall–Kier alpha value is -2.54. The fraction of sp³-hybridized carbons (Fsp3) is 0.458. The van der Waals surface area contributed by atoms with Gasteiger partial charge in [0.25, 0.3) is 15.9 Å². The fourth-order valence-electron chi connectivity index (χ4n) is 3.90. The summed E-state index contributed by atoms with van der Waals surface area (Å²) >= 11 is 0. The van der Waals surface area contributed by atoms with Gasteiger partial charge in [-0.15, -0.1) is 0 Å². The average Bonchev–Trinajstić information content (AvgIpc) is 3.66. The second-order valence-corrected chi connectivity index (χ2v) is 10.6. The van der Waals surface area contributed by atoms with Gasteiger partial charge < -0.3 is 9.64 Å². The summed E-state index contributed by atoms with van der Waals surface area (Å²) in [6.45, 7) is 4.07. The lowest BCUT2D eigenvalue weighted by Crippen LogP contribution is -2.44. The van der Waals surface area contributed by atoms with E-state index in [-0.39, 0.29) is 23.5 Å². The summed E-state index contributed by atoms with van der Waals surface area (Å²) in [6.07, 6.45) is 4.58. The van der Waals surface area contributed by atoms with Gasteiger partial charge in [-0.1, -0.05) is 17.7 Å². The van der Waals surface area contributed by atoms with E-state index in [2.05, 4.69) is 6.92 Å². The van der Waals surface area contributed by atoms with Gasteiger partial charge in [-0.25, -0.2) is 8.42 Å². The summed E-state index contributed by atoms with van der Waals surface area (Å²) in [5, 5.41) is 0. The predicted molar refractivity (Wildman–Crippen MR) is 121 cm³/mol. The number of carbonyl (C=O) groups excluding carboxylic acids is 1. The lowest BCUT2D eigenvalue weighted by Gasteiger charge is -2.29. The van der Waals surface area contributed by atoms with Gasteiger partial charge >= 0.3 is 0 Å². The molecule has 1 atom stereocenters. The average molecular weight is 443 g/mol. The van der Waals surface area contributed by atoms with Gasteiger partial charge in [0.1, 0.15) is 5.75 Å². The second-order valence-electron chi connectivity index (χ2n) is 8.68.